The molecule has 6 nitrogen and oxygen atoms in total. The Morgan fingerprint density at radius 1 is 1.40 bits per heavy atom. The first-order valence-electron chi connectivity index (χ1n) is 6.57. The van der Waals surface area contributed by atoms with Gasteiger partial charge in [0, 0.05) is 18.2 Å². The number of aliphatic hydroxyl groups excluding tert-OH is 1. The second-order valence-electron chi connectivity index (χ2n) is 5.06. The highest BCUT2D eigenvalue weighted by Gasteiger charge is 2.16. The maximum Gasteiger partial charge on any atom is 0.273 e. The predicted molar refractivity (Wildman–Crippen MR) is 75.3 cm³/mol. The van der Waals surface area contributed by atoms with Gasteiger partial charge in [-0.1, -0.05) is 25.1 Å². The second-order valence-corrected chi connectivity index (χ2v) is 5.06. The van der Waals surface area contributed by atoms with Gasteiger partial charge in [0.25, 0.3) is 5.69 Å². The van der Waals surface area contributed by atoms with E-state index in [1.54, 1.807) is 25.1 Å². The molecule has 0 aliphatic heterocycles. The summed E-state index contributed by atoms with van der Waals surface area (Å²) in [4.78, 5) is 22.1. The quantitative estimate of drug-likeness (QED) is 0.587. The van der Waals surface area contributed by atoms with Gasteiger partial charge in [0.05, 0.1) is 17.4 Å². The van der Waals surface area contributed by atoms with Crippen molar-refractivity contribution < 1.29 is 14.8 Å². The van der Waals surface area contributed by atoms with Gasteiger partial charge in [0.1, 0.15) is 0 Å². The molecule has 2 N–H and O–H groups in total. The van der Waals surface area contributed by atoms with Gasteiger partial charge < -0.3 is 10.4 Å². The molecule has 0 aromatic heterocycles. The lowest BCUT2D eigenvalue weighted by Gasteiger charge is -2.14. The summed E-state index contributed by atoms with van der Waals surface area (Å²) in [5, 5.41) is 22.8. The Bertz CT molecular complexity index is 474. The lowest BCUT2D eigenvalue weighted by Crippen LogP contribution is -2.30. The van der Waals surface area contributed by atoms with Crippen LogP contribution in [0.2, 0.25) is 0 Å². The van der Waals surface area contributed by atoms with E-state index in [2.05, 4.69) is 5.32 Å². The average Bonchev–Trinajstić information content (AvgIpc) is 2.36. The number of nitro benzene ring substituents is 1. The van der Waals surface area contributed by atoms with Crippen molar-refractivity contribution >= 4 is 11.6 Å². The van der Waals surface area contributed by atoms with E-state index in [9.17, 15) is 20.0 Å². The molecule has 1 amide bonds. The van der Waals surface area contributed by atoms with E-state index < -0.39 is 11.0 Å². The fourth-order valence-corrected chi connectivity index (χ4v) is 2.03. The molecule has 0 saturated heterocycles. The summed E-state index contributed by atoms with van der Waals surface area (Å²) >= 11 is 0. The fourth-order valence-electron chi connectivity index (χ4n) is 2.03. The number of hydrogen-bond acceptors (Lipinski definition) is 4. The first kappa shape index (κ1) is 16.1. The molecule has 1 aromatic carbocycles. The van der Waals surface area contributed by atoms with Crippen molar-refractivity contribution in [1.29, 1.82) is 0 Å². The SMILES string of the molecule is C[C@@H](CNC(=O)Cc1ccccc1[N+](=O)[O-])C[C@@H](C)O. The Labute approximate surface area is 118 Å². The van der Waals surface area contributed by atoms with Crippen molar-refractivity contribution in [2.45, 2.75) is 32.8 Å². The van der Waals surface area contributed by atoms with Gasteiger partial charge in [-0.05, 0) is 19.3 Å². The summed E-state index contributed by atoms with van der Waals surface area (Å²) in [5.41, 5.74) is 0.359. The molecule has 0 bridgehead atoms. The van der Waals surface area contributed by atoms with Gasteiger partial charge in [-0.2, -0.15) is 0 Å². The topological polar surface area (TPSA) is 92.5 Å². The van der Waals surface area contributed by atoms with Crippen LogP contribution in [-0.4, -0.2) is 28.6 Å². The zero-order valence-corrected chi connectivity index (χ0v) is 11.7. The minimum absolute atomic E-state index is 0.0153. The zero-order chi connectivity index (χ0) is 15.1. The first-order chi connectivity index (χ1) is 9.40. The van der Waals surface area contributed by atoms with Crippen LogP contribution in [0.1, 0.15) is 25.8 Å². The maximum atomic E-state index is 11.8. The van der Waals surface area contributed by atoms with Crippen molar-refractivity contribution in [3.8, 4) is 0 Å². The molecule has 110 valence electrons. The number of amides is 1. The minimum Gasteiger partial charge on any atom is -0.393 e. The summed E-state index contributed by atoms with van der Waals surface area (Å²) in [6.45, 7) is 4.08. The first-order valence-corrected chi connectivity index (χ1v) is 6.57. The van der Waals surface area contributed by atoms with Crippen LogP contribution in [0.5, 0.6) is 0 Å². The lowest BCUT2D eigenvalue weighted by molar-refractivity contribution is -0.385. The molecular formula is C14H20N2O4. The number of hydrogen-bond donors (Lipinski definition) is 2. The molecule has 0 aliphatic rings. The van der Waals surface area contributed by atoms with Crippen LogP contribution in [-0.2, 0) is 11.2 Å². The van der Waals surface area contributed by atoms with Gasteiger partial charge in [0.15, 0.2) is 0 Å². The molecule has 1 rings (SSSR count). The number of nitrogens with one attached hydrogen (secondary N) is 1. The molecule has 0 radical (unpaired) electrons. The number of carbonyl (C=O) groups is 1. The van der Waals surface area contributed by atoms with Gasteiger partial charge >= 0.3 is 0 Å². The Hall–Kier alpha value is -1.95. The highest BCUT2D eigenvalue weighted by atomic mass is 16.6. The molecule has 6 heteroatoms. The van der Waals surface area contributed by atoms with Crippen molar-refractivity contribution in [3.63, 3.8) is 0 Å². The van der Waals surface area contributed by atoms with E-state index in [4.69, 9.17) is 0 Å². The Kier molecular flexibility index (Phi) is 6.11. The van der Waals surface area contributed by atoms with E-state index >= 15 is 0 Å². The summed E-state index contributed by atoms with van der Waals surface area (Å²) in [6, 6.07) is 6.21. The van der Waals surface area contributed by atoms with Crippen molar-refractivity contribution in [3.05, 3.63) is 39.9 Å². The molecule has 0 heterocycles. The van der Waals surface area contributed by atoms with Crippen LogP contribution in [0.25, 0.3) is 0 Å². The van der Waals surface area contributed by atoms with E-state index in [1.165, 1.54) is 6.07 Å². The third-order valence-electron chi connectivity index (χ3n) is 2.93. The number of rotatable bonds is 7. The van der Waals surface area contributed by atoms with Crippen molar-refractivity contribution in [2.24, 2.45) is 5.92 Å². The molecule has 20 heavy (non-hydrogen) atoms. The predicted octanol–water partition coefficient (Wildman–Crippen LogP) is 1.66. The Balaban J connectivity index is 2.53. The summed E-state index contributed by atoms with van der Waals surface area (Å²) in [7, 11) is 0. The van der Waals surface area contributed by atoms with Crippen LogP contribution in [0.4, 0.5) is 5.69 Å². The molecule has 0 unspecified atom stereocenters. The Morgan fingerprint density at radius 3 is 2.65 bits per heavy atom. The zero-order valence-electron chi connectivity index (χ0n) is 11.7. The summed E-state index contributed by atoms with van der Waals surface area (Å²) in [5.74, 6) is -0.0959. The molecule has 0 aliphatic carbocycles. The van der Waals surface area contributed by atoms with Gasteiger partial charge in [-0.25, -0.2) is 0 Å². The van der Waals surface area contributed by atoms with Gasteiger partial charge in [0.2, 0.25) is 5.91 Å². The van der Waals surface area contributed by atoms with Gasteiger partial charge in [-0.15, -0.1) is 0 Å². The van der Waals surface area contributed by atoms with Crippen LogP contribution >= 0.6 is 0 Å². The van der Waals surface area contributed by atoms with E-state index in [-0.39, 0.29) is 23.9 Å². The third-order valence-corrected chi connectivity index (χ3v) is 2.93. The number of nitro groups is 1. The second kappa shape index (κ2) is 7.59. The highest BCUT2D eigenvalue weighted by molar-refractivity contribution is 5.79. The number of carbonyl (C=O) groups excluding carboxylic acids is 1. The molecule has 0 saturated carbocycles. The minimum atomic E-state index is -0.487. The molecule has 0 fully saturated rings. The smallest absolute Gasteiger partial charge is 0.273 e. The molecule has 2 atom stereocenters. The van der Waals surface area contributed by atoms with Crippen LogP contribution in [0, 0.1) is 16.0 Å². The summed E-state index contributed by atoms with van der Waals surface area (Å²) in [6.07, 6.45) is 0.182. The maximum absolute atomic E-state index is 11.8. The van der Waals surface area contributed by atoms with Gasteiger partial charge in [-0.3, -0.25) is 14.9 Å². The lowest BCUT2D eigenvalue weighted by atomic mass is 10.0. The van der Waals surface area contributed by atoms with Crippen LogP contribution in [0.15, 0.2) is 24.3 Å². The average molecular weight is 280 g/mol. The van der Waals surface area contributed by atoms with E-state index in [1.807, 2.05) is 6.92 Å². The Morgan fingerprint density at radius 2 is 2.05 bits per heavy atom. The monoisotopic (exact) mass is 280 g/mol. The van der Waals surface area contributed by atoms with Crippen LogP contribution in [0.3, 0.4) is 0 Å². The number of nitrogens with zero attached hydrogens (tertiary/aromatic N) is 1. The normalized spacial score (nSPS) is 13.6. The van der Waals surface area contributed by atoms with E-state index in [0.717, 1.165) is 0 Å². The fraction of sp³-hybridized carbons (Fsp3) is 0.500. The number of aliphatic hydroxyl groups is 1. The number of para-hydroxylation sites is 1. The highest BCUT2D eigenvalue weighted by Crippen LogP contribution is 2.18. The van der Waals surface area contributed by atoms with Crippen molar-refractivity contribution in [2.75, 3.05) is 6.54 Å². The van der Waals surface area contributed by atoms with E-state index in [0.29, 0.717) is 18.5 Å². The molecule has 0 spiro atoms. The summed E-state index contributed by atoms with van der Waals surface area (Å²) < 4.78 is 0. The van der Waals surface area contributed by atoms with Crippen molar-refractivity contribution in [1.82, 2.24) is 5.32 Å². The van der Waals surface area contributed by atoms with Crippen LogP contribution < -0.4 is 5.32 Å². The molecule has 1 aromatic rings. The largest absolute Gasteiger partial charge is 0.393 e. The third kappa shape index (κ3) is 5.36. The number of benzene rings is 1. The molecular weight excluding hydrogens is 260 g/mol. The standard InChI is InChI=1S/C14H20N2O4/c1-10(7-11(2)17)9-15-14(18)8-12-5-3-4-6-13(12)16(19)20/h3-6,10-11,17H,7-9H2,1-2H3,(H,15,18)/t10-,11-/m1/s1.